The number of hydrogen-bond acceptors (Lipinski definition) is 4. The molecule has 1 aromatic heterocycles. The van der Waals surface area contributed by atoms with Gasteiger partial charge < -0.3 is 5.32 Å². The van der Waals surface area contributed by atoms with Crippen molar-refractivity contribution in [2.45, 2.75) is 11.3 Å². The molecule has 2 aromatic rings. The van der Waals surface area contributed by atoms with Crippen molar-refractivity contribution >= 4 is 35.0 Å². The Morgan fingerprint density at radius 3 is 2.86 bits per heavy atom. The third-order valence-electron chi connectivity index (χ3n) is 2.60. The Balaban J connectivity index is 2.10. The molecule has 0 saturated heterocycles. The number of anilines is 1. The third kappa shape index (κ3) is 4.48. The van der Waals surface area contributed by atoms with Gasteiger partial charge in [-0.05, 0) is 24.3 Å². The topological polar surface area (TPSA) is 65.8 Å². The van der Waals surface area contributed by atoms with Gasteiger partial charge in [-0.15, -0.1) is 11.8 Å². The minimum atomic E-state index is -0.243. The SMILES string of the molecule is N#CCCSc1ccccc1NC(=O)c1ccc(Cl)nc1. The minimum Gasteiger partial charge on any atom is -0.321 e. The molecule has 0 unspecified atom stereocenters. The molecular weight excluding hydrogens is 306 g/mol. The van der Waals surface area contributed by atoms with Crippen LogP contribution in [0.25, 0.3) is 0 Å². The smallest absolute Gasteiger partial charge is 0.257 e. The molecule has 0 atom stereocenters. The molecule has 0 spiro atoms. The maximum atomic E-state index is 12.2. The number of benzene rings is 1. The lowest BCUT2D eigenvalue weighted by Crippen LogP contribution is -2.12. The summed E-state index contributed by atoms with van der Waals surface area (Å²) in [5.74, 6) is 0.443. The van der Waals surface area contributed by atoms with E-state index in [1.165, 1.54) is 18.0 Å². The summed E-state index contributed by atoms with van der Waals surface area (Å²) in [5.41, 5.74) is 1.16. The van der Waals surface area contributed by atoms with E-state index in [1.807, 2.05) is 24.3 Å². The van der Waals surface area contributed by atoms with Crippen LogP contribution in [-0.4, -0.2) is 16.6 Å². The van der Waals surface area contributed by atoms with E-state index in [0.29, 0.717) is 22.9 Å². The number of aromatic nitrogens is 1. The summed E-state index contributed by atoms with van der Waals surface area (Å²) in [7, 11) is 0. The van der Waals surface area contributed by atoms with Crippen molar-refractivity contribution in [3.63, 3.8) is 0 Å². The number of hydrogen-bond donors (Lipinski definition) is 1. The number of thioether (sulfide) groups is 1. The lowest BCUT2D eigenvalue weighted by molar-refractivity contribution is 0.102. The van der Waals surface area contributed by atoms with Gasteiger partial charge in [-0.25, -0.2) is 4.98 Å². The van der Waals surface area contributed by atoms with Crippen LogP contribution in [0.1, 0.15) is 16.8 Å². The molecule has 0 saturated carbocycles. The van der Waals surface area contributed by atoms with Crippen LogP contribution in [0.5, 0.6) is 0 Å². The van der Waals surface area contributed by atoms with Gasteiger partial charge in [-0.3, -0.25) is 4.79 Å². The predicted octanol–water partition coefficient (Wildman–Crippen LogP) is 3.99. The third-order valence-corrected chi connectivity index (χ3v) is 3.90. The Labute approximate surface area is 132 Å². The second-order valence-corrected chi connectivity index (χ2v) is 5.60. The van der Waals surface area contributed by atoms with Gasteiger partial charge in [0.25, 0.3) is 5.91 Å². The second-order valence-electron chi connectivity index (χ2n) is 4.08. The summed E-state index contributed by atoms with van der Waals surface area (Å²) < 4.78 is 0. The molecule has 4 nitrogen and oxygen atoms in total. The Kier molecular flexibility index (Phi) is 5.61. The normalized spacial score (nSPS) is 9.90. The number of pyridine rings is 1. The van der Waals surface area contributed by atoms with E-state index in [2.05, 4.69) is 16.4 Å². The van der Waals surface area contributed by atoms with Crippen LogP contribution in [0.3, 0.4) is 0 Å². The number of carbonyl (C=O) groups is 1. The molecule has 0 aliphatic heterocycles. The van der Waals surface area contributed by atoms with E-state index < -0.39 is 0 Å². The van der Waals surface area contributed by atoms with E-state index >= 15 is 0 Å². The van der Waals surface area contributed by atoms with Crippen LogP contribution in [0.15, 0.2) is 47.5 Å². The van der Waals surface area contributed by atoms with Gasteiger partial charge in [0.1, 0.15) is 5.15 Å². The van der Waals surface area contributed by atoms with Crippen LogP contribution in [0.4, 0.5) is 5.69 Å². The van der Waals surface area contributed by atoms with E-state index in [4.69, 9.17) is 16.9 Å². The van der Waals surface area contributed by atoms with Crippen molar-refractivity contribution in [1.29, 1.82) is 5.26 Å². The Morgan fingerprint density at radius 2 is 2.14 bits per heavy atom. The van der Waals surface area contributed by atoms with Gasteiger partial charge >= 0.3 is 0 Å². The molecule has 0 bridgehead atoms. The number of rotatable bonds is 5. The fourth-order valence-electron chi connectivity index (χ4n) is 1.61. The van der Waals surface area contributed by atoms with E-state index in [9.17, 15) is 4.79 Å². The maximum absolute atomic E-state index is 12.2. The number of amides is 1. The molecule has 1 N–H and O–H groups in total. The van der Waals surface area contributed by atoms with Gasteiger partial charge in [0.2, 0.25) is 0 Å². The highest BCUT2D eigenvalue weighted by Gasteiger charge is 2.09. The van der Waals surface area contributed by atoms with Gasteiger partial charge in [0.15, 0.2) is 0 Å². The zero-order valence-corrected chi connectivity index (χ0v) is 12.6. The fraction of sp³-hybridized carbons (Fsp3) is 0.133. The molecule has 1 amide bonds. The van der Waals surface area contributed by atoms with E-state index in [0.717, 1.165) is 10.6 Å². The number of halogens is 1. The van der Waals surface area contributed by atoms with Crippen LogP contribution >= 0.6 is 23.4 Å². The summed E-state index contributed by atoms with van der Waals surface area (Å²) in [5, 5.41) is 11.8. The summed E-state index contributed by atoms with van der Waals surface area (Å²) >= 11 is 7.24. The van der Waals surface area contributed by atoms with E-state index in [1.54, 1.807) is 12.1 Å². The van der Waals surface area contributed by atoms with E-state index in [-0.39, 0.29) is 5.91 Å². The predicted molar refractivity (Wildman–Crippen MR) is 84.6 cm³/mol. The fourth-order valence-corrected chi connectivity index (χ4v) is 2.58. The number of nitrogens with zero attached hydrogens (tertiary/aromatic N) is 2. The highest BCUT2D eigenvalue weighted by atomic mass is 35.5. The molecule has 1 heterocycles. The molecule has 0 radical (unpaired) electrons. The molecule has 0 aliphatic carbocycles. The van der Waals surface area contributed by atoms with Gasteiger partial charge in [0.05, 0.1) is 17.3 Å². The first-order valence-electron chi connectivity index (χ1n) is 6.22. The van der Waals surface area contributed by atoms with Gasteiger partial charge in [-0.2, -0.15) is 5.26 Å². The number of para-hydroxylation sites is 1. The average Bonchev–Trinajstić information content (AvgIpc) is 2.50. The number of carbonyl (C=O) groups excluding carboxylic acids is 1. The van der Waals surface area contributed by atoms with Crippen molar-refractivity contribution < 1.29 is 4.79 Å². The quantitative estimate of drug-likeness (QED) is 0.514. The molecule has 1 aromatic carbocycles. The number of nitrogens with one attached hydrogen (secondary N) is 1. The molecule has 0 aliphatic rings. The lowest BCUT2D eigenvalue weighted by atomic mass is 10.2. The summed E-state index contributed by atoms with van der Waals surface area (Å²) in [6.45, 7) is 0. The van der Waals surface area contributed by atoms with Crippen molar-refractivity contribution in [3.05, 3.63) is 53.3 Å². The Bertz CT molecular complexity index is 667. The summed E-state index contributed by atoms with van der Waals surface area (Å²) in [4.78, 5) is 17.0. The summed E-state index contributed by atoms with van der Waals surface area (Å²) in [6, 6.07) is 12.8. The van der Waals surface area contributed by atoms with Gasteiger partial charge in [0, 0.05) is 23.3 Å². The molecule has 0 fully saturated rings. The molecular formula is C15H12ClN3OS. The maximum Gasteiger partial charge on any atom is 0.257 e. The van der Waals surface area contributed by atoms with Crippen molar-refractivity contribution in [2.24, 2.45) is 0 Å². The Hall–Kier alpha value is -2.03. The summed E-state index contributed by atoms with van der Waals surface area (Å²) in [6.07, 6.45) is 1.90. The van der Waals surface area contributed by atoms with Crippen LogP contribution < -0.4 is 5.32 Å². The lowest BCUT2D eigenvalue weighted by Gasteiger charge is -2.10. The molecule has 6 heteroatoms. The van der Waals surface area contributed by atoms with Crippen LogP contribution in [0, 0.1) is 11.3 Å². The van der Waals surface area contributed by atoms with Gasteiger partial charge in [-0.1, -0.05) is 23.7 Å². The molecule has 2 rings (SSSR count). The monoisotopic (exact) mass is 317 g/mol. The van der Waals surface area contributed by atoms with Crippen molar-refractivity contribution in [2.75, 3.05) is 11.1 Å². The highest BCUT2D eigenvalue weighted by Crippen LogP contribution is 2.27. The zero-order valence-electron chi connectivity index (χ0n) is 11.0. The molecule has 21 heavy (non-hydrogen) atoms. The second kappa shape index (κ2) is 7.67. The largest absolute Gasteiger partial charge is 0.321 e. The Morgan fingerprint density at radius 1 is 1.33 bits per heavy atom. The van der Waals surface area contributed by atoms with Crippen molar-refractivity contribution in [1.82, 2.24) is 4.98 Å². The number of nitriles is 1. The van der Waals surface area contributed by atoms with Crippen LogP contribution in [0.2, 0.25) is 5.15 Å². The standard InChI is InChI=1S/C15H12ClN3OS/c16-14-7-6-11(10-18-14)15(20)19-12-4-1-2-5-13(12)21-9-3-8-17/h1-2,4-7,10H,3,9H2,(H,19,20). The first-order valence-corrected chi connectivity index (χ1v) is 7.59. The first-order chi connectivity index (χ1) is 10.2. The average molecular weight is 318 g/mol. The highest BCUT2D eigenvalue weighted by molar-refractivity contribution is 7.99. The van der Waals surface area contributed by atoms with Crippen LogP contribution in [-0.2, 0) is 0 Å². The molecule has 106 valence electrons. The first kappa shape index (κ1) is 15.4. The van der Waals surface area contributed by atoms with Crippen molar-refractivity contribution in [3.8, 4) is 6.07 Å². The minimum absolute atomic E-state index is 0.243. The zero-order chi connectivity index (χ0) is 15.1.